The molecule has 1 saturated heterocycles. The predicted molar refractivity (Wildman–Crippen MR) is 135 cm³/mol. The number of nitrogens with zero attached hydrogens (tertiary/aromatic N) is 1. The van der Waals surface area contributed by atoms with Crippen LogP contribution in [-0.4, -0.2) is 11.1 Å². The van der Waals surface area contributed by atoms with Gasteiger partial charge in [0.2, 0.25) is 0 Å². The Kier molecular flexibility index (Phi) is 5.90. The highest BCUT2D eigenvalue weighted by Gasteiger charge is 2.36. The summed E-state index contributed by atoms with van der Waals surface area (Å²) in [6.07, 6.45) is 1.71. The van der Waals surface area contributed by atoms with Gasteiger partial charge in [0.25, 0.3) is 11.1 Å². The summed E-state index contributed by atoms with van der Waals surface area (Å²) in [6.45, 7) is 0.428. The number of ether oxygens (including phenoxy) is 1. The number of benzene rings is 4. The highest BCUT2D eigenvalue weighted by Crippen LogP contribution is 2.36. The summed E-state index contributed by atoms with van der Waals surface area (Å²) in [5.74, 6) is 0.336. The Bertz CT molecular complexity index is 1390. The molecule has 1 aliphatic heterocycles. The number of thioether (sulfide) groups is 1. The number of halogens is 1. The number of hydrogen-bond donors (Lipinski definition) is 0. The first-order valence-electron chi connectivity index (χ1n) is 10.3. The molecule has 2 amide bonds. The van der Waals surface area contributed by atoms with Crippen molar-refractivity contribution < 1.29 is 14.3 Å². The van der Waals surface area contributed by atoms with Gasteiger partial charge < -0.3 is 4.74 Å². The average molecular weight is 472 g/mol. The van der Waals surface area contributed by atoms with E-state index >= 15 is 0 Å². The fraction of sp³-hybridized carbons (Fsp3) is 0.0370. The van der Waals surface area contributed by atoms with Crippen LogP contribution < -0.4 is 9.64 Å². The molecule has 0 spiro atoms. The zero-order valence-corrected chi connectivity index (χ0v) is 19.0. The Morgan fingerprint density at radius 1 is 0.879 bits per heavy atom. The smallest absolute Gasteiger partial charge is 0.298 e. The van der Waals surface area contributed by atoms with Gasteiger partial charge in [-0.2, -0.15) is 0 Å². The van der Waals surface area contributed by atoms with Crippen molar-refractivity contribution in [3.05, 3.63) is 112 Å². The van der Waals surface area contributed by atoms with Gasteiger partial charge >= 0.3 is 0 Å². The van der Waals surface area contributed by atoms with Gasteiger partial charge in [0.1, 0.15) is 12.4 Å². The summed E-state index contributed by atoms with van der Waals surface area (Å²) in [7, 11) is 0. The van der Waals surface area contributed by atoms with Crippen LogP contribution in [0.2, 0.25) is 5.02 Å². The predicted octanol–water partition coefficient (Wildman–Crippen LogP) is 7.31. The molecule has 4 aromatic rings. The van der Waals surface area contributed by atoms with Crippen LogP contribution in [0.25, 0.3) is 16.8 Å². The molecular formula is C27H18ClNO3S. The van der Waals surface area contributed by atoms with Crippen LogP contribution in [0.1, 0.15) is 11.1 Å². The fourth-order valence-electron chi connectivity index (χ4n) is 3.71. The largest absolute Gasteiger partial charge is 0.489 e. The minimum atomic E-state index is -0.352. The highest BCUT2D eigenvalue weighted by atomic mass is 35.5. The molecule has 5 rings (SSSR count). The van der Waals surface area contributed by atoms with E-state index in [4.69, 9.17) is 16.3 Å². The van der Waals surface area contributed by atoms with Gasteiger partial charge in [-0.3, -0.25) is 9.59 Å². The van der Waals surface area contributed by atoms with Crippen LogP contribution in [0.15, 0.2) is 95.9 Å². The van der Waals surface area contributed by atoms with Gasteiger partial charge in [-0.15, -0.1) is 0 Å². The number of carbonyl (C=O) groups is 2. The maximum atomic E-state index is 12.9. The summed E-state index contributed by atoms with van der Waals surface area (Å²) in [5, 5.41) is 2.54. The Hall–Kier alpha value is -3.54. The van der Waals surface area contributed by atoms with Gasteiger partial charge in [-0.05, 0) is 76.1 Å². The van der Waals surface area contributed by atoms with Crippen molar-refractivity contribution in [2.45, 2.75) is 6.61 Å². The molecule has 1 heterocycles. The molecule has 4 aromatic carbocycles. The number of anilines is 1. The van der Waals surface area contributed by atoms with Crippen molar-refractivity contribution in [3.63, 3.8) is 0 Å². The van der Waals surface area contributed by atoms with Crippen LogP contribution in [0.5, 0.6) is 5.75 Å². The van der Waals surface area contributed by atoms with Crippen molar-refractivity contribution in [2.24, 2.45) is 0 Å². The van der Waals surface area contributed by atoms with E-state index in [2.05, 4.69) is 24.3 Å². The molecule has 0 atom stereocenters. The second-order valence-electron chi connectivity index (χ2n) is 7.49. The van der Waals surface area contributed by atoms with E-state index in [1.165, 1.54) is 5.39 Å². The number of carbonyl (C=O) groups excluding carboxylic acids is 2. The average Bonchev–Trinajstić information content (AvgIpc) is 3.11. The van der Waals surface area contributed by atoms with Crippen LogP contribution in [0.4, 0.5) is 10.5 Å². The minimum absolute atomic E-state index is 0.336. The molecule has 0 bridgehead atoms. The molecule has 0 unspecified atom stereocenters. The molecule has 1 fully saturated rings. The maximum absolute atomic E-state index is 12.9. The fourth-order valence-corrected chi connectivity index (χ4v) is 4.67. The molecule has 1 aliphatic rings. The summed E-state index contributed by atoms with van der Waals surface area (Å²) in [5.41, 5.74) is 2.38. The second-order valence-corrected chi connectivity index (χ2v) is 8.92. The first-order chi connectivity index (χ1) is 16.1. The highest BCUT2D eigenvalue weighted by molar-refractivity contribution is 8.19. The Balaban J connectivity index is 1.34. The lowest BCUT2D eigenvalue weighted by Crippen LogP contribution is -2.27. The van der Waals surface area contributed by atoms with Crippen molar-refractivity contribution in [2.75, 3.05) is 4.90 Å². The van der Waals surface area contributed by atoms with Gasteiger partial charge in [0, 0.05) is 5.02 Å². The number of hydrogen-bond acceptors (Lipinski definition) is 4. The van der Waals surface area contributed by atoms with Crippen molar-refractivity contribution in [3.8, 4) is 5.75 Å². The topological polar surface area (TPSA) is 46.6 Å². The molecule has 33 heavy (non-hydrogen) atoms. The van der Waals surface area contributed by atoms with Crippen molar-refractivity contribution in [1.82, 2.24) is 0 Å². The molecular weight excluding hydrogens is 454 g/mol. The SMILES string of the molecule is O=C1S/C(=C\c2cccc(OCc3cccc4ccccc34)c2)C(=O)N1c1ccc(Cl)cc1. The molecule has 0 saturated carbocycles. The first-order valence-corrected chi connectivity index (χ1v) is 11.5. The van der Waals surface area contributed by atoms with Crippen LogP contribution in [0, 0.1) is 0 Å². The van der Waals surface area contributed by atoms with Gasteiger partial charge in [0.15, 0.2) is 0 Å². The van der Waals surface area contributed by atoms with Crippen LogP contribution in [0.3, 0.4) is 0 Å². The number of amides is 2. The Morgan fingerprint density at radius 3 is 2.48 bits per heavy atom. The molecule has 162 valence electrons. The summed E-state index contributed by atoms with van der Waals surface area (Å²) in [6, 6.07) is 28.5. The Morgan fingerprint density at radius 2 is 1.64 bits per heavy atom. The first kappa shape index (κ1) is 21.3. The van der Waals surface area contributed by atoms with Gasteiger partial charge in [-0.1, -0.05) is 66.2 Å². The lowest BCUT2D eigenvalue weighted by Gasteiger charge is -2.12. The molecule has 0 aliphatic carbocycles. The van der Waals surface area contributed by atoms with E-state index < -0.39 is 0 Å². The van der Waals surface area contributed by atoms with Gasteiger partial charge in [0.05, 0.1) is 10.6 Å². The lowest BCUT2D eigenvalue weighted by atomic mass is 10.1. The molecule has 0 aromatic heterocycles. The van der Waals surface area contributed by atoms with E-state index in [0.29, 0.717) is 28.0 Å². The third kappa shape index (κ3) is 4.51. The van der Waals surface area contributed by atoms with E-state index in [-0.39, 0.29) is 11.1 Å². The molecule has 4 nitrogen and oxygen atoms in total. The third-order valence-electron chi connectivity index (χ3n) is 5.31. The quantitative estimate of drug-likeness (QED) is 0.286. The number of rotatable bonds is 5. The monoisotopic (exact) mass is 471 g/mol. The van der Waals surface area contributed by atoms with E-state index in [1.807, 2.05) is 42.5 Å². The van der Waals surface area contributed by atoms with E-state index in [9.17, 15) is 9.59 Å². The van der Waals surface area contributed by atoms with Crippen LogP contribution >= 0.6 is 23.4 Å². The number of imide groups is 1. The molecule has 6 heteroatoms. The lowest BCUT2D eigenvalue weighted by molar-refractivity contribution is -0.113. The van der Waals surface area contributed by atoms with Crippen molar-refractivity contribution >= 4 is 57.0 Å². The van der Waals surface area contributed by atoms with Crippen LogP contribution in [-0.2, 0) is 11.4 Å². The maximum Gasteiger partial charge on any atom is 0.298 e. The second kappa shape index (κ2) is 9.14. The standard InChI is InChI=1S/C27H18ClNO3S/c28-21-11-13-22(14-12-21)29-26(30)25(33-27(29)31)16-18-5-3-9-23(15-18)32-17-20-8-4-7-19-6-1-2-10-24(19)20/h1-16H,17H2/b25-16-. The minimum Gasteiger partial charge on any atom is -0.489 e. The summed E-state index contributed by atoms with van der Waals surface area (Å²) < 4.78 is 6.04. The molecule has 0 radical (unpaired) electrons. The third-order valence-corrected chi connectivity index (χ3v) is 6.43. The summed E-state index contributed by atoms with van der Waals surface area (Å²) >= 11 is 6.84. The van der Waals surface area contributed by atoms with E-state index in [0.717, 1.165) is 33.2 Å². The zero-order chi connectivity index (χ0) is 22.8. The van der Waals surface area contributed by atoms with Gasteiger partial charge in [-0.25, -0.2) is 4.90 Å². The Labute approximate surface area is 200 Å². The summed E-state index contributed by atoms with van der Waals surface area (Å²) in [4.78, 5) is 26.9. The van der Waals surface area contributed by atoms with Crippen molar-refractivity contribution in [1.29, 1.82) is 0 Å². The zero-order valence-electron chi connectivity index (χ0n) is 17.4. The normalized spacial score (nSPS) is 14.9. The van der Waals surface area contributed by atoms with E-state index in [1.54, 1.807) is 30.3 Å². The number of fused-ring (bicyclic) bond motifs is 1. The molecule has 0 N–H and O–H groups in total.